The van der Waals surface area contributed by atoms with Crippen LogP contribution in [0.15, 0.2) is 65.6 Å². The predicted octanol–water partition coefficient (Wildman–Crippen LogP) is 4.02. The fourth-order valence-electron chi connectivity index (χ4n) is 3.48. The summed E-state index contributed by atoms with van der Waals surface area (Å²) in [5, 5.41) is 2.74. The first-order valence-corrected chi connectivity index (χ1v) is 12.9. The Morgan fingerprint density at radius 1 is 0.861 bits per heavy atom. The van der Waals surface area contributed by atoms with Crippen molar-refractivity contribution in [1.29, 1.82) is 0 Å². The highest BCUT2D eigenvalue weighted by Crippen LogP contribution is 2.33. The molecule has 0 aliphatic rings. The van der Waals surface area contributed by atoms with Crippen LogP contribution in [-0.4, -0.2) is 48.2 Å². The number of anilines is 1. The van der Waals surface area contributed by atoms with Gasteiger partial charge < -0.3 is 19.5 Å². The van der Waals surface area contributed by atoms with E-state index in [1.54, 1.807) is 24.3 Å². The molecule has 0 aliphatic heterocycles. The number of ether oxygens (including phenoxy) is 3. The molecule has 3 aromatic carbocycles. The van der Waals surface area contributed by atoms with E-state index in [0.29, 0.717) is 17.2 Å². The van der Waals surface area contributed by atoms with E-state index >= 15 is 0 Å². The molecular formula is C27H32N2O6S. The molecule has 8 nitrogen and oxygen atoms in total. The topological polar surface area (TPSA) is 94.2 Å². The first-order valence-electron chi connectivity index (χ1n) is 11.4. The van der Waals surface area contributed by atoms with Crippen LogP contribution in [-0.2, 0) is 14.8 Å². The molecule has 1 N–H and O–H groups in total. The van der Waals surface area contributed by atoms with Gasteiger partial charge in [-0.2, -0.15) is 0 Å². The van der Waals surface area contributed by atoms with Crippen LogP contribution in [0.4, 0.5) is 5.69 Å². The van der Waals surface area contributed by atoms with Crippen molar-refractivity contribution in [1.82, 2.24) is 5.32 Å². The standard InChI is InChI=1S/C27H32N2O6S/c1-19-6-11-24(12-7-19)36(31,32)29(22-9-13-25(33-4)26(17-22)34-5)18-27(30)28-14-15-35-23-10-8-20(2)21(3)16-23/h6-13,16-17H,14-15,18H2,1-5H3,(H,28,30). The van der Waals surface area contributed by atoms with E-state index in [0.717, 1.165) is 15.4 Å². The number of carbonyl (C=O) groups excluding carboxylic acids is 1. The molecule has 192 valence electrons. The van der Waals surface area contributed by atoms with Crippen molar-refractivity contribution in [2.24, 2.45) is 0 Å². The summed E-state index contributed by atoms with van der Waals surface area (Å²) >= 11 is 0. The van der Waals surface area contributed by atoms with E-state index in [2.05, 4.69) is 5.32 Å². The number of aryl methyl sites for hydroxylation is 3. The smallest absolute Gasteiger partial charge is 0.264 e. The summed E-state index contributed by atoms with van der Waals surface area (Å²) in [4.78, 5) is 12.9. The molecule has 9 heteroatoms. The number of benzene rings is 3. The van der Waals surface area contributed by atoms with Gasteiger partial charge in [0.05, 0.1) is 31.3 Å². The molecule has 0 aromatic heterocycles. The minimum absolute atomic E-state index is 0.0776. The minimum atomic E-state index is -4.05. The SMILES string of the molecule is COc1ccc(N(CC(=O)NCCOc2ccc(C)c(C)c2)S(=O)(=O)c2ccc(C)cc2)cc1OC. The molecule has 36 heavy (non-hydrogen) atoms. The number of carbonyl (C=O) groups is 1. The zero-order valence-corrected chi connectivity index (χ0v) is 22.0. The Hall–Kier alpha value is -3.72. The number of rotatable bonds is 11. The first-order chi connectivity index (χ1) is 17.1. The van der Waals surface area contributed by atoms with Crippen LogP contribution in [0.1, 0.15) is 16.7 Å². The lowest BCUT2D eigenvalue weighted by Gasteiger charge is -2.25. The van der Waals surface area contributed by atoms with E-state index in [9.17, 15) is 13.2 Å². The monoisotopic (exact) mass is 512 g/mol. The minimum Gasteiger partial charge on any atom is -0.493 e. The van der Waals surface area contributed by atoms with Crippen molar-refractivity contribution in [2.45, 2.75) is 25.7 Å². The number of nitrogens with one attached hydrogen (secondary N) is 1. The van der Waals surface area contributed by atoms with Crippen molar-refractivity contribution >= 4 is 21.6 Å². The van der Waals surface area contributed by atoms with Gasteiger partial charge in [0.25, 0.3) is 10.0 Å². The molecular weight excluding hydrogens is 480 g/mol. The zero-order valence-electron chi connectivity index (χ0n) is 21.2. The number of methoxy groups -OCH3 is 2. The number of hydrogen-bond donors (Lipinski definition) is 1. The second kappa shape index (κ2) is 11.8. The fraction of sp³-hybridized carbons (Fsp3) is 0.296. The average Bonchev–Trinajstić information content (AvgIpc) is 2.87. The Morgan fingerprint density at radius 2 is 1.56 bits per heavy atom. The van der Waals surface area contributed by atoms with Gasteiger partial charge in [-0.05, 0) is 68.3 Å². The Kier molecular flexibility index (Phi) is 8.82. The van der Waals surface area contributed by atoms with Gasteiger partial charge in [0, 0.05) is 6.07 Å². The summed E-state index contributed by atoms with van der Waals surface area (Å²) in [6, 6.07) is 16.9. The zero-order chi connectivity index (χ0) is 26.3. The second-order valence-electron chi connectivity index (χ2n) is 8.31. The molecule has 0 atom stereocenters. The summed E-state index contributed by atoms with van der Waals surface area (Å²) in [7, 11) is -1.10. The maximum Gasteiger partial charge on any atom is 0.264 e. The predicted molar refractivity (Wildman–Crippen MR) is 140 cm³/mol. The summed E-state index contributed by atoms with van der Waals surface area (Å²) in [5.41, 5.74) is 3.48. The van der Waals surface area contributed by atoms with E-state index in [1.165, 1.54) is 38.0 Å². The molecule has 0 heterocycles. The van der Waals surface area contributed by atoms with Gasteiger partial charge in [-0.3, -0.25) is 9.10 Å². The van der Waals surface area contributed by atoms with Gasteiger partial charge in [0.15, 0.2) is 11.5 Å². The van der Waals surface area contributed by atoms with Gasteiger partial charge in [0.2, 0.25) is 5.91 Å². The van der Waals surface area contributed by atoms with E-state index in [1.807, 2.05) is 39.0 Å². The summed E-state index contributed by atoms with van der Waals surface area (Å²) in [5.74, 6) is 1.04. The van der Waals surface area contributed by atoms with Gasteiger partial charge in [-0.15, -0.1) is 0 Å². The van der Waals surface area contributed by atoms with Crippen molar-refractivity contribution in [3.8, 4) is 17.2 Å². The maximum absolute atomic E-state index is 13.6. The van der Waals surface area contributed by atoms with E-state index < -0.39 is 22.5 Å². The Balaban J connectivity index is 1.77. The Labute approximate surface area is 212 Å². The van der Waals surface area contributed by atoms with E-state index in [4.69, 9.17) is 14.2 Å². The molecule has 0 bridgehead atoms. The molecule has 0 unspecified atom stereocenters. The Bertz CT molecular complexity index is 1310. The number of sulfonamides is 1. The number of nitrogens with zero attached hydrogens (tertiary/aromatic N) is 1. The molecule has 3 aromatic rings. The lowest BCUT2D eigenvalue weighted by molar-refractivity contribution is -0.119. The summed E-state index contributed by atoms with van der Waals surface area (Å²) in [6.45, 7) is 5.94. The van der Waals surface area contributed by atoms with Crippen LogP contribution >= 0.6 is 0 Å². The highest BCUT2D eigenvalue weighted by molar-refractivity contribution is 7.92. The van der Waals surface area contributed by atoms with Crippen LogP contribution in [0, 0.1) is 20.8 Å². The number of amides is 1. The quantitative estimate of drug-likeness (QED) is 0.390. The molecule has 0 fully saturated rings. The van der Waals surface area contributed by atoms with Crippen molar-refractivity contribution in [3.05, 3.63) is 77.4 Å². The first kappa shape index (κ1) is 26.9. The molecule has 0 spiro atoms. The van der Waals surface area contributed by atoms with Crippen LogP contribution in [0.2, 0.25) is 0 Å². The molecule has 3 rings (SSSR count). The second-order valence-corrected chi connectivity index (χ2v) is 10.2. The third-order valence-corrected chi connectivity index (χ3v) is 7.51. The summed E-state index contributed by atoms with van der Waals surface area (Å²) < 4.78 is 44.5. The Morgan fingerprint density at radius 3 is 2.19 bits per heavy atom. The molecule has 0 saturated carbocycles. The van der Waals surface area contributed by atoms with Crippen LogP contribution in [0.5, 0.6) is 17.2 Å². The molecule has 0 saturated heterocycles. The highest BCUT2D eigenvalue weighted by atomic mass is 32.2. The molecule has 0 aliphatic carbocycles. The molecule has 0 radical (unpaired) electrons. The van der Waals surface area contributed by atoms with Gasteiger partial charge in [0.1, 0.15) is 18.9 Å². The number of hydrogen-bond acceptors (Lipinski definition) is 6. The van der Waals surface area contributed by atoms with Gasteiger partial charge in [-0.1, -0.05) is 23.8 Å². The maximum atomic E-state index is 13.6. The summed E-state index contributed by atoms with van der Waals surface area (Å²) in [6.07, 6.45) is 0. The van der Waals surface area contributed by atoms with Crippen molar-refractivity contribution in [2.75, 3.05) is 38.2 Å². The largest absolute Gasteiger partial charge is 0.493 e. The van der Waals surface area contributed by atoms with Crippen LogP contribution < -0.4 is 23.8 Å². The van der Waals surface area contributed by atoms with Crippen molar-refractivity contribution in [3.63, 3.8) is 0 Å². The van der Waals surface area contributed by atoms with Gasteiger partial charge >= 0.3 is 0 Å². The van der Waals surface area contributed by atoms with E-state index in [-0.39, 0.29) is 23.7 Å². The normalized spacial score (nSPS) is 11.0. The average molecular weight is 513 g/mol. The highest BCUT2D eigenvalue weighted by Gasteiger charge is 2.28. The molecule has 1 amide bonds. The lowest BCUT2D eigenvalue weighted by atomic mass is 10.1. The van der Waals surface area contributed by atoms with Crippen molar-refractivity contribution < 1.29 is 27.4 Å². The lowest BCUT2D eigenvalue weighted by Crippen LogP contribution is -2.42. The van der Waals surface area contributed by atoms with Gasteiger partial charge in [-0.25, -0.2) is 8.42 Å². The van der Waals surface area contributed by atoms with Crippen LogP contribution in [0.3, 0.4) is 0 Å². The van der Waals surface area contributed by atoms with Crippen LogP contribution in [0.25, 0.3) is 0 Å². The third-order valence-electron chi connectivity index (χ3n) is 5.72. The fourth-order valence-corrected chi connectivity index (χ4v) is 4.89. The third kappa shape index (κ3) is 6.48.